The zero-order valence-corrected chi connectivity index (χ0v) is 8.80. The fraction of sp³-hybridized carbons (Fsp3) is 0.417. The number of aromatic nitrogens is 1. The molecule has 1 heterocycles. The second kappa shape index (κ2) is 6.17. The summed E-state index contributed by atoms with van der Waals surface area (Å²) in [5, 5.41) is 3.24. The van der Waals surface area contributed by atoms with E-state index in [-0.39, 0.29) is 0 Å². The Balaban J connectivity index is 2.51. The Labute approximate surface area is 85.8 Å². The Morgan fingerprint density at radius 1 is 1.50 bits per heavy atom. The summed E-state index contributed by atoms with van der Waals surface area (Å²) in [6.45, 7) is 5.53. The van der Waals surface area contributed by atoms with Crippen LogP contribution in [0.4, 0.5) is 0 Å². The number of aryl methyl sites for hydroxylation is 1. The maximum absolute atomic E-state index is 4.34. The molecule has 0 bridgehead atoms. The van der Waals surface area contributed by atoms with Crippen molar-refractivity contribution in [2.24, 2.45) is 0 Å². The van der Waals surface area contributed by atoms with Gasteiger partial charge in [0, 0.05) is 12.7 Å². The number of rotatable bonds is 4. The van der Waals surface area contributed by atoms with Gasteiger partial charge in [-0.05, 0) is 25.0 Å². The Kier molecular flexibility index (Phi) is 4.74. The van der Waals surface area contributed by atoms with Crippen LogP contribution in [0.15, 0.2) is 18.3 Å². The summed E-state index contributed by atoms with van der Waals surface area (Å²) < 4.78 is 0. The van der Waals surface area contributed by atoms with E-state index >= 15 is 0 Å². The fourth-order valence-electron chi connectivity index (χ4n) is 1.28. The normalized spacial score (nSPS) is 9.29. The van der Waals surface area contributed by atoms with Gasteiger partial charge in [-0.15, -0.1) is 5.92 Å². The summed E-state index contributed by atoms with van der Waals surface area (Å²) in [5.74, 6) is 5.82. The van der Waals surface area contributed by atoms with Crippen molar-refractivity contribution in [1.82, 2.24) is 10.3 Å². The largest absolute Gasteiger partial charge is 0.301 e. The molecule has 0 unspecified atom stereocenters. The molecule has 0 aliphatic rings. The number of nitrogens with one attached hydrogen (secondary N) is 1. The van der Waals surface area contributed by atoms with Crippen molar-refractivity contribution in [3.05, 3.63) is 29.6 Å². The molecule has 1 N–H and O–H groups in total. The van der Waals surface area contributed by atoms with Crippen LogP contribution in [0.2, 0.25) is 0 Å². The van der Waals surface area contributed by atoms with Crippen molar-refractivity contribution in [1.29, 1.82) is 0 Å². The minimum Gasteiger partial charge on any atom is -0.301 e. The second-order valence-electron chi connectivity index (χ2n) is 2.99. The molecule has 2 nitrogen and oxygen atoms in total. The van der Waals surface area contributed by atoms with Crippen LogP contribution in [-0.2, 0) is 13.0 Å². The van der Waals surface area contributed by atoms with Crippen LogP contribution in [-0.4, -0.2) is 11.5 Å². The highest BCUT2D eigenvalue weighted by Gasteiger charge is 1.99. The van der Waals surface area contributed by atoms with Gasteiger partial charge in [0.25, 0.3) is 0 Å². The quantitative estimate of drug-likeness (QED) is 0.575. The van der Waals surface area contributed by atoms with E-state index in [1.165, 1.54) is 5.56 Å². The maximum atomic E-state index is 4.34. The number of nitrogens with zero attached hydrogens (tertiary/aromatic N) is 1. The summed E-state index contributed by atoms with van der Waals surface area (Å²) in [6, 6.07) is 4.10. The monoisotopic (exact) mass is 188 g/mol. The van der Waals surface area contributed by atoms with Gasteiger partial charge >= 0.3 is 0 Å². The third-order valence-corrected chi connectivity index (χ3v) is 2.05. The van der Waals surface area contributed by atoms with E-state index in [2.05, 4.69) is 35.1 Å². The van der Waals surface area contributed by atoms with E-state index in [9.17, 15) is 0 Å². The standard InChI is InChI=1S/C12H16N2/c1-3-5-8-13-10-12-11(4-2)7-6-9-14-12/h6-7,9,13H,4,8,10H2,1-2H3. The molecular formula is C12H16N2. The molecule has 0 fully saturated rings. The van der Waals surface area contributed by atoms with Gasteiger partial charge in [-0.25, -0.2) is 0 Å². The van der Waals surface area contributed by atoms with E-state index in [1.807, 2.05) is 19.2 Å². The highest BCUT2D eigenvalue weighted by molar-refractivity contribution is 5.19. The minimum absolute atomic E-state index is 0.732. The molecule has 2 heteroatoms. The first-order chi connectivity index (χ1) is 6.88. The SMILES string of the molecule is CC#CCNCc1ncccc1CC. The zero-order chi connectivity index (χ0) is 10.2. The van der Waals surface area contributed by atoms with Gasteiger partial charge < -0.3 is 5.32 Å². The lowest BCUT2D eigenvalue weighted by Crippen LogP contribution is -2.15. The van der Waals surface area contributed by atoms with E-state index < -0.39 is 0 Å². The van der Waals surface area contributed by atoms with Crippen LogP contribution in [0.5, 0.6) is 0 Å². The van der Waals surface area contributed by atoms with Gasteiger partial charge in [0.05, 0.1) is 12.2 Å². The molecule has 0 amide bonds. The summed E-state index contributed by atoms with van der Waals surface area (Å²) >= 11 is 0. The van der Waals surface area contributed by atoms with Crippen molar-refractivity contribution >= 4 is 0 Å². The van der Waals surface area contributed by atoms with E-state index in [1.54, 1.807) is 0 Å². The lowest BCUT2D eigenvalue weighted by molar-refractivity contribution is 0.738. The van der Waals surface area contributed by atoms with Gasteiger partial charge in [-0.1, -0.05) is 18.9 Å². The lowest BCUT2D eigenvalue weighted by atomic mass is 10.1. The molecule has 0 aliphatic heterocycles. The van der Waals surface area contributed by atoms with Gasteiger partial charge in [0.2, 0.25) is 0 Å². The van der Waals surface area contributed by atoms with E-state index in [0.29, 0.717) is 0 Å². The number of hydrogen-bond donors (Lipinski definition) is 1. The van der Waals surface area contributed by atoms with E-state index in [4.69, 9.17) is 0 Å². The molecule has 1 aromatic rings. The minimum atomic E-state index is 0.732. The first-order valence-electron chi connectivity index (χ1n) is 4.91. The van der Waals surface area contributed by atoms with Crippen molar-refractivity contribution in [3.8, 4) is 11.8 Å². The van der Waals surface area contributed by atoms with Gasteiger partial charge in [0.1, 0.15) is 0 Å². The molecule has 74 valence electrons. The average molecular weight is 188 g/mol. The summed E-state index contributed by atoms with van der Waals surface area (Å²) in [5.41, 5.74) is 2.44. The summed E-state index contributed by atoms with van der Waals surface area (Å²) in [7, 11) is 0. The van der Waals surface area contributed by atoms with Crippen molar-refractivity contribution in [2.75, 3.05) is 6.54 Å². The van der Waals surface area contributed by atoms with Crippen molar-refractivity contribution in [2.45, 2.75) is 26.8 Å². The van der Waals surface area contributed by atoms with Crippen LogP contribution >= 0.6 is 0 Å². The Morgan fingerprint density at radius 2 is 2.36 bits per heavy atom. The zero-order valence-electron chi connectivity index (χ0n) is 8.80. The molecule has 1 rings (SSSR count). The van der Waals surface area contributed by atoms with Crippen LogP contribution < -0.4 is 5.32 Å². The molecule has 0 atom stereocenters. The van der Waals surface area contributed by atoms with Crippen LogP contribution in [0, 0.1) is 11.8 Å². The predicted molar refractivity (Wildman–Crippen MR) is 58.8 cm³/mol. The lowest BCUT2D eigenvalue weighted by Gasteiger charge is -2.05. The molecule has 0 radical (unpaired) electrons. The summed E-state index contributed by atoms with van der Waals surface area (Å²) in [6.07, 6.45) is 2.87. The molecule has 0 saturated carbocycles. The third kappa shape index (κ3) is 3.20. The van der Waals surface area contributed by atoms with Crippen LogP contribution in [0.1, 0.15) is 25.1 Å². The smallest absolute Gasteiger partial charge is 0.0579 e. The van der Waals surface area contributed by atoms with E-state index in [0.717, 1.165) is 25.2 Å². The number of hydrogen-bond acceptors (Lipinski definition) is 2. The van der Waals surface area contributed by atoms with Crippen LogP contribution in [0.3, 0.4) is 0 Å². The van der Waals surface area contributed by atoms with Gasteiger partial charge in [0.15, 0.2) is 0 Å². The Hall–Kier alpha value is -1.33. The highest BCUT2D eigenvalue weighted by atomic mass is 14.9. The second-order valence-corrected chi connectivity index (χ2v) is 2.99. The third-order valence-electron chi connectivity index (χ3n) is 2.05. The molecule has 1 aromatic heterocycles. The molecule has 0 aliphatic carbocycles. The first-order valence-corrected chi connectivity index (χ1v) is 4.91. The van der Waals surface area contributed by atoms with Gasteiger partial charge in [-0.3, -0.25) is 4.98 Å². The number of pyridine rings is 1. The Bertz CT molecular complexity index is 334. The van der Waals surface area contributed by atoms with Crippen LogP contribution in [0.25, 0.3) is 0 Å². The van der Waals surface area contributed by atoms with Gasteiger partial charge in [-0.2, -0.15) is 0 Å². The van der Waals surface area contributed by atoms with Crippen molar-refractivity contribution in [3.63, 3.8) is 0 Å². The molecule has 14 heavy (non-hydrogen) atoms. The average Bonchev–Trinajstić information content (AvgIpc) is 2.25. The summed E-state index contributed by atoms with van der Waals surface area (Å²) in [4.78, 5) is 4.34. The maximum Gasteiger partial charge on any atom is 0.0579 e. The molecule has 0 aromatic carbocycles. The predicted octanol–water partition coefficient (Wildman–Crippen LogP) is 1.76. The topological polar surface area (TPSA) is 24.9 Å². The molecule has 0 spiro atoms. The Morgan fingerprint density at radius 3 is 3.07 bits per heavy atom. The fourth-order valence-corrected chi connectivity index (χ4v) is 1.28. The molecular weight excluding hydrogens is 172 g/mol. The highest BCUT2D eigenvalue weighted by Crippen LogP contribution is 2.04. The van der Waals surface area contributed by atoms with Crippen molar-refractivity contribution < 1.29 is 0 Å². The first kappa shape index (κ1) is 10.7. The molecule has 0 saturated heterocycles.